The van der Waals surface area contributed by atoms with Crippen LogP contribution in [-0.2, 0) is 11.3 Å². The van der Waals surface area contributed by atoms with E-state index in [9.17, 15) is 4.79 Å². The smallest absolute Gasteiger partial charge is 0.321 e. The minimum absolute atomic E-state index is 0.110. The quantitative estimate of drug-likeness (QED) is 0.927. The maximum atomic E-state index is 12.3. The lowest BCUT2D eigenvalue weighted by molar-refractivity contribution is 0.122. The van der Waals surface area contributed by atoms with Crippen molar-refractivity contribution in [2.45, 2.75) is 13.5 Å². The Labute approximate surface area is 149 Å². The fraction of sp³-hybridized carbons (Fsp3) is 0.350. The third kappa shape index (κ3) is 4.73. The predicted octanol–water partition coefficient (Wildman–Crippen LogP) is 3.50. The van der Waals surface area contributed by atoms with E-state index in [-0.39, 0.29) is 6.03 Å². The van der Waals surface area contributed by atoms with Crippen molar-refractivity contribution in [1.29, 1.82) is 0 Å². The van der Waals surface area contributed by atoms with E-state index in [0.717, 1.165) is 37.6 Å². The van der Waals surface area contributed by atoms with Gasteiger partial charge in [-0.1, -0.05) is 29.8 Å². The highest BCUT2D eigenvalue weighted by Gasteiger charge is 2.12. The number of rotatable bonds is 4. The Balaban J connectivity index is 1.55. The normalized spacial score (nSPS) is 14.2. The maximum Gasteiger partial charge on any atom is 0.321 e. The van der Waals surface area contributed by atoms with Crippen LogP contribution in [0.1, 0.15) is 11.1 Å². The molecule has 25 heavy (non-hydrogen) atoms. The highest BCUT2D eigenvalue weighted by atomic mass is 16.5. The molecule has 3 rings (SSSR count). The van der Waals surface area contributed by atoms with E-state index in [2.05, 4.69) is 34.5 Å². The topological polar surface area (TPSA) is 44.8 Å². The summed E-state index contributed by atoms with van der Waals surface area (Å²) in [4.78, 5) is 16.3. The summed E-state index contributed by atoms with van der Waals surface area (Å²) in [6, 6.07) is 16.1. The molecule has 0 aliphatic carbocycles. The summed E-state index contributed by atoms with van der Waals surface area (Å²) >= 11 is 0. The molecule has 2 aromatic carbocycles. The molecular weight excluding hydrogens is 314 g/mol. The number of aryl methyl sites for hydroxylation is 1. The molecule has 1 fully saturated rings. The number of benzene rings is 2. The summed E-state index contributed by atoms with van der Waals surface area (Å²) in [6.45, 7) is 6.02. The largest absolute Gasteiger partial charge is 0.378 e. The first-order valence-corrected chi connectivity index (χ1v) is 8.62. The second-order valence-electron chi connectivity index (χ2n) is 6.42. The first-order valence-electron chi connectivity index (χ1n) is 8.62. The number of amides is 2. The molecule has 1 N–H and O–H groups in total. The van der Waals surface area contributed by atoms with Crippen molar-refractivity contribution in [2.24, 2.45) is 0 Å². The third-order valence-electron chi connectivity index (χ3n) is 4.38. The molecule has 5 nitrogen and oxygen atoms in total. The van der Waals surface area contributed by atoms with Crippen molar-refractivity contribution < 1.29 is 9.53 Å². The SMILES string of the molecule is Cc1ccc(NC(=O)N(C)Cc2ccc(N3CCOCC3)cc2)cc1. The lowest BCUT2D eigenvalue weighted by atomic mass is 10.2. The van der Waals surface area contributed by atoms with Gasteiger partial charge in [0.1, 0.15) is 0 Å². The standard InChI is InChI=1S/C20H25N3O2/c1-16-3-7-18(8-4-16)21-20(24)22(2)15-17-5-9-19(10-6-17)23-11-13-25-14-12-23/h3-10H,11-15H2,1-2H3,(H,21,24). The molecule has 0 bridgehead atoms. The van der Waals surface area contributed by atoms with Gasteiger partial charge in [-0.25, -0.2) is 4.79 Å². The Morgan fingerprint density at radius 1 is 1.08 bits per heavy atom. The van der Waals surface area contributed by atoms with Crippen LogP contribution in [0.25, 0.3) is 0 Å². The minimum Gasteiger partial charge on any atom is -0.378 e. The van der Waals surface area contributed by atoms with E-state index in [1.165, 1.54) is 11.3 Å². The Morgan fingerprint density at radius 3 is 2.36 bits per heavy atom. The number of hydrogen-bond donors (Lipinski definition) is 1. The molecule has 0 radical (unpaired) electrons. The first kappa shape index (κ1) is 17.3. The van der Waals surface area contributed by atoms with Crippen molar-refractivity contribution in [3.63, 3.8) is 0 Å². The van der Waals surface area contributed by atoms with Gasteiger partial charge in [0, 0.05) is 38.1 Å². The van der Waals surface area contributed by atoms with Gasteiger partial charge in [-0.3, -0.25) is 0 Å². The van der Waals surface area contributed by atoms with E-state index in [0.29, 0.717) is 6.54 Å². The Hall–Kier alpha value is -2.53. The van der Waals surface area contributed by atoms with Crippen LogP contribution >= 0.6 is 0 Å². The molecule has 132 valence electrons. The summed E-state index contributed by atoms with van der Waals surface area (Å²) < 4.78 is 5.39. The molecule has 0 saturated carbocycles. The van der Waals surface area contributed by atoms with Gasteiger partial charge < -0.3 is 19.9 Å². The summed E-state index contributed by atoms with van der Waals surface area (Å²) in [5, 5.41) is 2.92. The summed E-state index contributed by atoms with van der Waals surface area (Å²) in [7, 11) is 1.80. The van der Waals surface area contributed by atoms with E-state index >= 15 is 0 Å². The summed E-state index contributed by atoms with van der Waals surface area (Å²) in [5.74, 6) is 0. The number of nitrogens with one attached hydrogen (secondary N) is 1. The van der Waals surface area contributed by atoms with Crippen LogP contribution < -0.4 is 10.2 Å². The average molecular weight is 339 g/mol. The predicted molar refractivity (Wildman–Crippen MR) is 101 cm³/mol. The van der Waals surface area contributed by atoms with Crippen molar-refractivity contribution in [1.82, 2.24) is 4.90 Å². The molecule has 0 atom stereocenters. The van der Waals surface area contributed by atoms with Crippen LogP contribution in [0.2, 0.25) is 0 Å². The second kappa shape index (κ2) is 8.03. The fourth-order valence-corrected chi connectivity index (χ4v) is 2.84. The van der Waals surface area contributed by atoms with Gasteiger partial charge in [0.2, 0.25) is 0 Å². The Morgan fingerprint density at radius 2 is 1.72 bits per heavy atom. The molecule has 0 unspecified atom stereocenters. The van der Waals surface area contributed by atoms with Gasteiger partial charge in [-0.15, -0.1) is 0 Å². The van der Waals surface area contributed by atoms with Crippen molar-refractivity contribution in [3.05, 3.63) is 59.7 Å². The Bertz CT molecular complexity index is 692. The number of carbonyl (C=O) groups is 1. The maximum absolute atomic E-state index is 12.3. The van der Waals surface area contributed by atoms with Gasteiger partial charge in [0.25, 0.3) is 0 Å². The summed E-state index contributed by atoms with van der Waals surface area (Å²) in [6.07, 6.45) is 0. The Kier molecular flexibility index (Phi) is 5.56. The van der Waals surface area contributed by atoms with Gasteiger partial charge in [0.15, 0.2) is 0 Å². The minimum atomic E-state index is -0.110. The molecule has 0 aromatic heterocycles. The lowest BCUT2D eigenvalue weighted by Crippen LogP contribution is -2.36. The van der Waals surface area contributed by atoms with Crippen molar-refractivity contribution >= 4 is 17.4 Å². The van der Waals surface area contributed by atoms with Crippen LogP contribution in [0.4, 0.5) is 16.2 Å². The third-order valence-corrected chi connectivity index (χ3v) is 4.38. The number of nitrogens with zero attached hydrogens (tertiary/aromatic N) is 2. The van der Waals surface area contributed by atoms with Crippen LogP contribution in [-0.4, -0.2) is 44.3 Å². The zero-order valence-corrected chi connectivity index (χ0v) is 14.9. The molecule has 1 aliphatic rings. The molecule has 1 heterocycles. The molecule has 2 amide bonds. The number of carbonyl (C=O) groups excluding carboxylic acids is 1. The summed E-state index contributed by atoms with van der Waals surface area (Å²) in [5.41, 5.74) is 4.30. The molecule has 1 saturated heterocycles. The van der Waals surface area contributed by atoms with E-state index < -0.39 is 0 Å². The van der Waals surface area contributed by atoms with Crippen LogP contribution in [0.3, 0.4) is 0 Å². The highest BCUT2D eigenvalue weighted by molar-refractivity contribution is 5.89. The average Bonchev–Trinajstić information content (AvgIpc) is 2.65. The van der Waals surface area contributed by atoms with Crippen molar-refractivity contribution in [2.75, 3.05) is 43.6 Å². The highest BCUT2D eigenvalue weighted by Crippen LogP contribution is 2.17. The van der Waals surface area contributed by atoms with Crippen LogP contribution in [0.15, 0.2) is 48.5 Å². The molecule has 1 aliphatic heterocycles. The number of urea groups is 1. The monoisotopic (exact) mass is 339 g/mol. The van der Waals surface area contributed by atoms with Crippen LogP contribution in [0.5, 0.6) is 0 Å². The molecular formula is C20H25N3O2. The number of anilines is 2. The fourth-order valence-electron chi connectivity index (χ4n) is 2.84. The van der Waals surface area contributed by atoms with Gasteiger partial charge in [-0.05, 0) is 36.8 Å². The zero-order valence-electron chi connectivity index (χ0n) is 14.9. The molecule has 2 aromatic rings. The van der Waals surface area contributed by atoms with E-state index in [1.807, 2.05) is 31.2 Å². The zero-order chi connectivity index (χ0) is 17.6. The molecule has 5 heteroatoms. The van der Waals surface area contributed by atoms with Gasteiger partial charge in [0.05, 0.1) is 13.2 Å². The number of hydrogen-bond acceptors (Lipinski definition) is 3. The lowest BCUT2D eigenvalue weighted by Gasteiger charge is -2.29. The number of ether oxygens (including phenoxy) is 1. The van der Waals surface area contributed by atoms with Crippen molar-refractivity contribution in [3.8, 4) is 0 Å². The number of morpholine rings is 1. The van der Waals surface area contributed by atoms with Crippen LogP contribution in [0, 0.1) is 6.92 Å². The second-order valence-corrected chi connectivity index (χ2v) is 6.42. The van der Waals surface area contributed by atoms with Gasteiger partial charge >= 0.3 is 6.03 Å². The van der Waals surface area contributed by atoms with E-state index in [4.69, 9.17) is 4.74 Å². The first-order chi connectivity index (χ1) is 12.1. The molecule has 0 spiro atoms. The van der Waals surface area contributed by atoms with E-state index in [1.54, 1.807) is 11.9 Å². The van der Waals surface area contributed by atoms with Gasteiger partial charge in [-0.2, -0.15) is 0 Å².